The Labute approximate surface area is 72.0 Å². The number of rotatable bonds is 2. The zero-order valence-electron chi connectivity index (χ0n) is 7.64. The van der Waals surface area contributed by atoms with Gasteiger partial charge in [0.25, 0.3) is 0 Å². The number of H-pyrrole nitrogens is 1. The third-order valence-electron chi connectivity index (χ3n) is 1.83. The second-order valence-electron chi connectivity index (χ2n) is 3.14. The summed E-state index contributed by atoms with van der Waals surface area (Å²) >= 11 is 0. The molecule has 1 heterocycles. The van der Waals surface area contributed by atoms with Crippen molar-refractivity contribution in [1.82, 2.24) is 4.98 Å². The van der Waals surface area contributed by atoms with Crippen LogP contribution in [0.2, 0.25) is 0 Å². The van der Waals surface area contributed by atoms with E-state index in [4.69, 9.17) is 5.73 Å². The number of aromatic nitrogens is 1. The molecule has 1 rings (SSSR count). The van der Waals surface area contributed by atoms with E-state index in [9.17, 15) is 4.79 Å². The highest BCUT2D eigenvalue weighted by Gasteiger charge is 2.14. The second-order valence-corrected chi connectivity index (χ2v) is 3.14. The standard InChI is InChI=1S/C9H14N2O/c1-5-4-8(7(3)11-5)9(12)6(2)10/h4,6,11H,10H2,1-3H3/t6-/m0/s1. The summed E-state index contributed by atoms with van der Waals surface area (Å²) in [5.74, 6) is -0.00292. The van der Waals surface area contributed by atoms with Crippen LogP contribution in [0.15, 0.2) is 6.07 Å². The van der Waals surface area contributed by atoms with Gasteiger partial charge >= 0.3 is 0 Å². The van der Waals surface area contributed by atoms with Crippen molar-refractivity contribution in [3.05, 3.63) is 23.0 Å². The number of Topliss-reactive ketones (excluding diaryl/α,β-unsaturated/α-hetero) is 1. The van der Waals surface area contributed by atoms with Gasteiger partial charge in [-0.25, -0.2) is 0 Å². The molecule has 0 aliphatic heterocycles. The minimum Gasteiger partial charge on any atom is -0.362 e. The smallest absolute Gasteiger partial charge is 0.181 e. The molecule has 0 aromatic carbocycles. The van der Waals surface area contributed by atoms with Crippen LogP contribution in [-0.4, -0.2) is 16.8 Å². The van der Waals surface area contributed by atoms with Gasteiger partial charge in [-0.2, -0.15) is 0 Å². The molecule has 3 nitrogen and oxygen atoms in total. The van der Waals surface area contributed by atoms with Gasteiger partial charge in [0.15, 0.2) is 5.78 Å². The molecular formula is C9H14N2O. The molecule has 0 fully saturated rings. The maximum atomic E-state index is 11.4. The van der Waals surface area contributed by atoms with Crippen LogP contribution in [0.1, 0.15) is 28.7 Å². The molecule has 0 amide bonds. The van der Waals surface area contributed by atoms with E-state index in [0.717, 1.165) is 11.4 Å². The van der Waals surface area contributed by atoms with Crippen molar-refractivity contribution in [3.63, 3.8) is 0 Å². The minimum atomic E-state index is -0.418. The molecule has 0 aliphatic rings. The molecular weight excluding hydrogens is 152 g/mol. The van der Waals surface area contributed by atoms with Crippen molar-refractivity contribution in [3.8, 4) is 0 Å². The molecule has 3 N–H and O–H groups in total. The summed E-state index contributed by atoms with van der Waals surface area (Å²) in [7, 11) is 0. The Bertz CT molecular complexity index is 299. The molecule has 0 saturated carbocycles. The highest BCUT2D eigenvalue weighted by atomic mass is 16.1. The minimum absolute atomic E-state index is 0.00292. The monoisotopic (exact) mass is 166 g/mol. The zero-order valence-corrected chi connectivity index (χ0v) is 7.64. The van der Waals surface area contributed by atoms with E-state index < -0.39 is 6.04 Å². The van der Waals surface area contributed by atoms with Crippen LogP contribution < -0.4 is 5.73 Å². The van der Waals surface area contributed by atoms with E-state index in [1.165, 1.54) is 0 Å². The largest absolute Gasteiger partial charge is 0.362 e. The number of nitrogens with two attached hydrogens (primary N) is 1. The Kier molecular flexibility index (Phi) is 2.33. The molecule has 1 atom stereocenters. The van der Waals surface area contributed by atoms with E-state index >= 15 is 0 Å². The van der Waals surface area contributed by atoms with Crippen LogP contribution in [0.5, 0.6) is 0 Å². The van der Waals surface area contributed by atoms with Gasteiger partial charge in [0, 0.05) is 17.0 Å². The Balaban J connectivity index is 3.02. The van der Waals surface area contributed by atoms with Crippen molar-refractivity contribution < 1.29 is 4.79 Å². The SMILES string of the molecule is Cc1cc(C(=O)[C@H](C)N)c(C)[nH]1. The second kappa shape index (κ2) is 3.11. The predicted octanol–water partition coefficient (Wildman–Crippen LogP) is 1.16. The molecule has 0 bridgehead atoms. The maximum Gasteiger partial charge on any atom is 0.181 e. The van der Waals surface area contributed by atoms with Gasteiger partial charge in [0.1, 0.15) is 0 Å². The first-order valence-corrected chi connectivity index (χ1v) is 3.98. The Morgan fingerprint density at radius 2 is 2.17 bits per heavy atom. The van der Waals surface area contributed by atoms with Gasteiger partial charge < -0.3 is 10.7 Å². The summed E-state index contributed by atoms with van der Waals surface area (Å²) < 4.78 is 0. The van der Waals surface area contributed by atoms with E-state index in [1.54, 1.807) is 6.92 Å². The van der Waals surface area contributed by atoms with Crippen LogP contribution in [0.3, 0.4) is 0 Å². The first kappa shape index (κ1) is 9.00. The Hall–Kier alpha value is -1.09. The number of nitrogens with one attached hydrogen (secondary N) is 1. The number of hydrogen-bond acceptors (Lipinski definition) is 2. The molecule has 0 spiro atoms. The molecule has 0 radical (unpaired) electrons. The van der Waals surface area contributed by atoms with Crippen molar-refractivity contribution in [2.45, 2.75) is 26.8 Å². The third-order valence-corrected chi connectivity index (χ3v) is 1.83. The van der Waals surface area contributed by atoms with Gasteiger partial charge in [0.05, 0.1) is 6.04 Å². The molecule has 1 aromatic rings. The lowest BCUT2D eigenvalue weighted by Crippen LogP contribution is -2.26. The summed E-state index contributed by atoms with van der Waals surface area (Å²) in [6.45, 7) is 5.50. The molecule has 0 aliphatic carbocycles. The number of carbonyl (C=O) groups is 1. The molecule has 66 valence electrons. The summed E-state index contributed by atoms with van der Waals surface area (Å²) in [5.41, 5.74) is 8.09. The van der Waals surface area contributed by atoms with E-state index in [-0.39, 0.29) is 5.78 Å². The topological polar surface area (TPSA) is 58.9 Å². The van der Waals surface area contributed by atoms with Crippen LogP contribution in [-0.2, 0) is 0 Å². The number of hydrogen-bond donors (Lipinski definition) is 2. The summed E-state index contributed by atoms with van der Waals surface area (Å²) in [4.78, 5) is 14.5. The fourth-order valence-corrected chi connectivity index (χ4v) is 1.23. The van der Waals surface area contributed by atoms with Crippen molar-refractivity contribution in [2.75, 3.05) is 0 Å². The van der Waals surface area contributed by atoms with Crippen LogP contribution in [0.25, 0.3) is 0 Å². The van der Waals surface area contributed by atoms with Gasteiger partial charge in [-0.1, -0.05) is 0 Å². The lowest BCUT2D eigenvalue weighted by Gasteiger charge is -2.01. The van der Waals surface area contributed by atoms with Gasteiger partial charge in [-0.05, 0) is 26.8 Å². The quantitative estimate of drug-likeness (QED) is 0.648. The van der Waals surface area contributed by atoms with Crippen molar-refractivity contribution in [2.24, 2.45) is 5.73 Å². The van der Waals surface area contributed by atoms with E-state index in [2.05, 4.69) is 4.98 Å². The van der Waals surface area contributed by atoms with E-state index in [0.29, 0.717) is 5.56 Å². The normalized spacial score (nSPS) is 13.0. The summed E-state index contributed by atoms with van der Waals surface area (Å²) in [6, 6.07) is 1.42. The number of carbonyl (C=O) groups excluding carboxylic acids is 1. The molecule has 12 heavy (non-hydrogen) atoms. The van der Waals surface area contributed by atoms with Gasteiger partial charge in [-0.15, -0.1) is 0 Å². The first-order chi connectivity index (χ1) is 5.52. The molecule has 1 aromatic heterocycles. The Morgan fingerprint density at radius 1 is 1.58 bits per heavy atom. The fraction of sp³-hybridized carbons (Fsp3) is 0.444. The number of aromatic amines is 1. The zero-order chi connectivity index (χ0) is 9.30. The molecule has 0 saturated heterocycles. The fourth-order valence-electron chi connectivity index (χ4n) is 1.23. The highest BCUT2D eigenvalue weighted by molar-refractivity contribution is 6.00. The molecule has 3 heteroatoms. The third kappa shape index (κ3) is 1.56. The number of ketones is 1. The summed E-state index contributed by atoms with van der Waals surface area (Å²) in [5, 5.41) is 0. The van der Waals surface area contributed by atoms with Gasteiger partial charge in [0.2, 0.25) is 0 Å². The lowest BCUT2D eigenvalue weighted by molar-refractivity contribution is 0.0967. The average molecular weight is 166 g/mol. The first-order valence-electron chi connectivity index (χ1n) is 3.98. The van der Waals surface area contributed by atoms with E-state index in [1.807, 2.05) is 19.9 Å². The number of aryl methyl sites for hydroxylation is 2. The van der Waals surface area contributed by atoms with Crippen LogP contribution in [0.4, 0.5) is 0 Å². The highest BCUT2D eigenvalue weighted by Crippen LogP contribution is 2.10. The van der Waals surface area contributed by atoms with Crippen LogP contribution in [0, 0.1) is 13.8 Å². The van der Waals surface area contributed by atoms with Crippen molar-refractivity contribution in [1.29, 1.82) is 0 Å². The van der Waals surface area contributed by atoms with Crippen molar-refractivity contribution >= 4 is 5.78 Å². The maximum absolute atomic E-state index is 11.4. The predicted molar refractivity (Wildman–Crippen MR) is 48.2 cm³/mol. The lowest BCUT2D eigenvalue weighted by atomic mass is 10.1. The Morgan fingerprint density at radius 3 is 2.50 bits per heavy atom. The molecule has 0 unspecified atom stereocenters. The summed E-state index contributed by atoms with van der Waals surface area (Å²) in [6.07, 6.45) is 0. The van der Waals surface area contributed by atoms with Crippen LogP contribution >= 0.6 is 0 Å². The average Bonchev–Trinajstić information content (AvgIpc) is 2.28. The van der Waals surface area contributed by atoms with Gasteiger partial charge in [-0.3, -0.25) is 4.79 Å².